The molecule has 1 rings (SSSR count). The van der Waals surface area contributed by atoms with Crippen LogP contribution in [0.15, 0.2) is 24.3 Å². The summed E-state index contributed by atoms with van der Waals surface area (Å²) in [6, 6.07) is 0.947. The van der Waals surface area contributed by atoms with Crippen LogP contribution in [0.4, 0.5) is 0 Å². The molecule has 0 aliphatic heterocycles. The molecule has 1 aromatic rings. The molecule has 0 saturated heterocycles. The summed E-state index contributed by atoms with van der Waals surface area (Å²) in [5.74, 6) is 0. The van der Waals surface area contributed by atoms with Gasteiger partial charge in [0, 0.05) is 12.1 Å². The molecular formula is C13H24N4. The third-order valence-electron chi connectivity index (χ3n) is 2.65. The maximum absolute atomic E-state index is 4.10. The van der Waals surface area contributed by atoms with Crippen molar-refractivity contribution in [1.29, 1.82) is 0 Å². The quantitative estimate of drug-likeness (QED) is 0.739. The van der Waals surface area contributed by atoms with E-state index in [-0.39, 0.29) is 0 Å². The van der Waals surface area contributed by atoms with Crippen molar-refractivity contribution in [3.8, 4) is 0 Å². The van der Waals surface area contributed by atoms with Crippen LogP contribution >= 0.6 is 0 Å². The highest BCUT2D eigenvalue weighted by molar-refractivity contribution is 4.93. The van der Waals surface area contributed by atoms with E-state index in [1.165, 1.54) is 12.0 Å². The summed E-state index contributed by atoms with van der Waals surface area (Å²) in [5, 5.41) is 7.68. The molecule has 0 aliphatic rings. The molecule has 0 radical (unpaired) electrons. The molecule has 2 atom stereocenters. The average molecular weight is 236 g/mol. The van der Waals surface area contributed by atoms with Crippen LogP contribution in [0.3, 0.4) is 0 Å². The lowest BCUT2D eigenvalue weighted by molar-refractivity contribution is 0.395. The summed E-state index contributed by atoms with van der Waals surface area (Å²) < 4.78 is 1.86. The Morgan fingerprint density at radius 3 is 2.71 bits per heavy atom. The van der Waals surface area contributed by atoms with Crippen LogP contribution in [0.5, 0.6) is 0 Å². The van der Waals surface area contributed by atoms with Gasteiger partial charge in [-0.05, 0) is 40.5 Å². The fraction of sp³-hybridized carbons (Fsp3) is 0.692. The minimum atomic E-state index is 0.415. The first-order valence-electron chi connectivity index (χ1n) is 6.29. The highest BCUT2D eigenvalue weighted by Gasteiger charge is 2.07. The molecule has 0 saturated carbocycles. The van der Waals surface area contributed by atoms with Crippen LogP contribution in [0.1, 0.15) is 40.5 Å². The van der Waals surface area contributed by atoms with Gasteiger partial charge in [-0.1, -0.05) is 11.6 Å². The summed E-state index contributed by atoms with van der Waals surface area (Å²) in [6.07, 6.45) is 7.94. The van der Waals surface area contributed by atoms with Crippen molar-refractivity contribution >= 4 is 0 Å². The SMILES string of the molecule is CC(C)=CCC[C@@H](C)N[C@@H](C)Cn1cncn1. The average Bonchev–Trinajstić information content (AvgIpc) is 2.69. The third-order valence-corrected chi connectivity index (χ3v) is 2.65. The van der Waals surface area contributed by atoms with Crippen molar-refractivity contribution in [2.75, 3.05) is 0 Å². The van der Waals surface area contributed by atoms with E-state index in [4.69, 9.17) is 0 Å². The molecule has 1 heterocycles. The van der Waals surface area contributed by atoms with Crippen molar-refractivity contribution in [2.24, 2.45) is 0 Å². The van der Waals surface area contributed by atoms with Gasteiger partial charge in [0.25, 0.3) is 0 Å². The second-order valence-electron chi connectivity index (χ2n) is 4.95. The molecule has 0 spiro atoms. The molecule has 0 aliphatic carbocycles. The lowest BCUT2D eigenvalue weighted by Crippen LogP contribution is -2.37. The maximum Gasteiger partial charge on any atom is 0.137 e. The van der Waals surface area contributed by atoms with Crippen molar-refractivity contribution in [3.63, 3.8) is 0 Å². The molecule has 0 fully saturated rings. The summed E-state index contributed by atoms with van der Waals surface area (Å²) in [7, 11) is 0. The van der Waals surface area contributed by atoms with E-state index in [2.05, 4.69) is 49.2 Å². The number of nitrogens with zero attached hydrogens (tertiary/aromatic N) is 3. The van der Waals surface area contributed by atoms with Crippen molar-refractivity contribution in [3.05, 3.63) is 24.3 Å². The molecule has 96 valence electrons. The topological polar surface area (TPSA) is 42.7 Å². The predicted octanol–water partition coefficient (Wildman–Crippen LogP) is 2.39. The van der Waals surface area contributed by atoms with Gasteiger partial charge < -0.3 is 5.32 Å². The zero-order valence-corrected chi connectivity index (χ0v) is 11.3. The normalized spacial score (nSPS) is 14.4. The van der Waals surface area contributed by atoms with Gasteiger partial charge in [-0.2, -0.15) is 5.10 Å². The van der Waals surface area contributed by atoms with Crippen LogP contribution in [0.25, 0.3) is 0 Å². The molecular weight excluding hydrogens is 212 g/mol. The summed E-state index contributed by atoms with van der Waals surface area (Å²) in [5.41, 5.74) is 1.40. The van der Waals surface area contributed by atoms with Gasteiger partial charge in [-0.15, -0.1) is 0 Å². The first-order chi connectivity index (χ1) is 8.08. The maximum atomic E-state index is 4.10. The lowest BCUT2D eigenvalue weighted by atomic mass is 10.1. The fourth-order valence-electron chi connectivity index (χ4n) is 1.85. The Bertz CT molecular complexity index is 325. The first kappa shape index (κ1) is 13.9. The van der Waals surface area contributed by atoms with E-state index in [1.807, 2.05) is 4.68 Å². The van der Waals surface area contributed by atoms with E-state index < -0.39 is 0 Å². The van der Waals surface area contributed by atoms with Crippen LogP contribution in [0, 0.1) is 0 Å². The Morgan fingerprint density at radius 1 is 1.35 bits per heavy atom. The van der Waals surface area contributed by atoms with Gasteiger partial charge in [-0.25, -0.2) is 4.98 Å². The van der Waals surface area contributed by atoms with E-state index >= 15 is 0 Å². The molecule has 17 heavy (non-hydrogen) atoms. The van der Waals surface area contributed by atoms with Gasteiger partial charge in [0.2, 0.25) is 0 Å². The summed E-state index contributed by atoms with van der Waals surface area (Å²) in [6.45, 7) is 9.57. The molecule has 4 heteroatoms. The van der Waals surface area contributed by atoms with Gasteiger partial charge in [0.15, 0.2) is 0 Å². The number of aromatic nitrogens is 3. The summed E-state index contributed by atoms with van der Waals surface area (Å²) >= 11 is 0. The lowest BCUT2D eigenvalue weighted by Gasteiger charge is -2.19. The fourth-order valence-corrected chi connectivity index (χ4v) is 1.85. The minimum Gasteiger partial charge on any atom is -0.310 e. The van der Waals surface area contributed by atoms with Gasteiger partial charge in [0.05, 0.1) is 6.54 Å². The number of allylic oxidation sites excluding steroid dienone is 2. The Labute approximate surface area is 104 Å². The molecule has 0 bridgehead atoms. The van der Waals surface area contributed by atoms with E-state index in [1.54, 1.807) is 12.7 Å². The highest BCUT2D eigenvalue weighted by atomic mass is 15.3. The number of hydrogen-bond donors (Lipinski definition) is 1. The van der Waals surface area contributed by atoms with Crippen LogP contribution < -0.4 is 5.32 Å². The van der Waals surface area contributed by atoms with Crippen LogP contribution in [-0.4, -0.2) is 26.8 Å². The smallest absolute Gasteiger partial charge is 0.137 e. The Hall–Kier alpha value is -1.16. The molecule has 0 aromatic carbocycles. The number of rotatable bonds is 7. The van der Waals surface area contributed by atoms with E-state index in [0.717, 1.165) is 13.0 Å². The Kier molecular flexibility index (Phi) is 5.91. The van der Waals surface area contributed by atoms with Crippen molar-refractivity contribution < 1.29 is 0 Å². The molecule has 0 amide bonds. The van der Waals surface area contributed by atoms with Crippen LogP contribution in [-0.2, 0) is 6.54 Å². The van der Waals surface area contributed by atoms with Crippen molar-refractivity contribution in [2.45, 2.75) is 59.2 Å². The number of nitrogens with one attached hydrogen (secondary N) is 1. The molecule has 0 unspecified atom stereocenters. The molecule has 4 nitrogen and oxygen atoms in total. The zero-order chi connectivity index (χ0) is 12.7. The largest absolute Gasteiger partial charge is 0.310 e. The Morgan fingerprint density at radius 2 is 2.12 bits per heavy atom. The van der Waals surface area contributed by atoms with E-state index in [0.29, 0.717) is 12.1 Å². The Balaban J connectivity index is 2.21. The second-order valence-corrected chi connectivity index (χ2v) is 4.95. The second kappa shape index (κ2) is 7.22. The molecule has 1 aromatic heterocycles. The minimum absolute atomic E-state index is 0.415. The van der Waals surface area contributed by atoms with Gasteiger partial charge in [0.1, 0.15) is 12.7 Å². The summed E-state index contributed by atoms with van der Waals surface area (Å²) in [4.78, 5) is 3.94. The van der Waals surface area contributed by atoms with E-state index in [9.17, 15) is 0 Å². The standard InChI is InChI=1S/C13H24N4/c1-11(2)6-5-7-12(3)16-13(4)8-17-10-14-9-15-17/h6,9-10,12-13,16H,5,7-8H2,1-4H3/t12-,13+/m1/s1. The molecule has 1 N–H and O–H groups in total. The number of hydrogen-bond acceptors (Lipinski definition) is 3. The van der Waals surface area contributed by atoms with Gasteiger partial charge in [-0.3, -0.25) is 4.68 Å². The monoisotopic (exact) mass is 236 g/mol. The predicted molar refractivity (Wildman–Crippen MR) is 70.7 cm³/mol. The highest BCUT2D eigenvalue weighted by Crippen LogP contribution is 2.02. The van der Waals surface area contributed by atoms with Gasteiger partial charge >= 0.3 is 0 Å². The van der Waals surface area contributed by atoms with Crippen LogP contribution in [0.2, 0.25) is 0 Å². The van der Waals surface area contributed by atoms with Crippen molar-refractivity contribution in [1.82, 2.24) is 20.1 Å². The third kappa shape index (κ3) is 6.22. The zero-order valence-electron chi connectivity index (χ0n) is 11.3. The first-order valence-corrected chi connectivity index (χ1v) is 6.29.